The molecule has 1 aromatic rings. The van der Waals surface area contributed by atoms with E-state index in [0.717, 1.165) is 10.0 Å². The van der Waals surface area contributed by atoms with Crippen molar-refractivity contribution in [1.29, 1.82) is 0 Å². The van der Waals surface area contributed by atoms with Gasteiger partial charge in [-0.25, -0.2) is 4.79 Å². The van der Waals surface area contributed by atoms with Gasteiger partial charge in [0, 0.05) is 11.5 Å². The summed E-state index contributed by atoms with van der Waals surface area (Å²) in [6.45, 7) is 3.02. The Morgan fingerprint density at radius 3 is 2.50 bits per heavy atom. The molecule has 1 amide bonds. The van der Waals surface area contributed by atoms with Crippen LogP contribution >= 0.6 is 15.9 Å². The van der Waals surface area contributed by atoms with Crippen LogP contribution in [0.4, 0.5) is 0 Å². The number of benzene rings is 1. The molecule has 0 bridgehead atoms. The first-order valence-electron chi connectivity index (χ1n) is 5.49. The summed E-state index contributed by atoms with van der Waals surface area (Å²) < 4.78 is 0.896. The number of halogens is 1. The van der Waals surface area contributed by atoms with Crippen molar-refractivity contribution in [3.63, 3.8) is 0 Å². The fourth-order valence-electron chi connectivity index (χ4n) is 1.40. The Kier molecular flexibility index (Phi) is 4.51. The second-order valence-electron chi connectivity index (χ2n) is 4.62. The lowest BCUT2D eigenvalue weighted by atomic mass is 10.0. The third-order valence-electron chi connectivity index (χ3n) is 2.98. The standard InChI is InChI=1S/C13H16BrNO3/c1-13(2,12(17)18)15(3)11(16)8-9-5-4-6-10(14)7-9/h4-7H,8H2,1-3H3,(H,17,18). The van der Waals surface area contributed by atoms with E-state index in [1.54, 1.807) is 0 Å². The van der Waals surface area contributed by atoms with E-state index < -0.39 is 11.5 Å². The molecule has 0 saturated carbocycles. The van der Waals surface area contributed by atoms with Crippen LogP contribution in [0.1, 0.15) is 19.4 Å². The predicted octanol–water partition coefficient (Wildman–Crippen LogP) is 2.31. The zero-order valence-corrected chi connectivity index (χ0v) is 12.2. The van der Waals surface area contributed by atoms with Gasteiger partial charge in [-0.15, -0.1) is 0 Å². The summed E-state index contributed by atoms with van der Waals surface area (Å²) in [6, 6.07) is 7.40. The van der Waals surface area contributed by atoms with E-state index in [2.05, 4.69) is 15.9 Å². The molecule has 0 unspecified atom stereocenters. The largest absolute Gasteiger partial charge is 0.480 e. The van der Waals surface area contributed by atoms with Crippen LogP contribution in [0.3, 0.4) is 0 Å². The smallest absolute Gasteiger partial charge is 0.329 e. The molecule has 0 saturated heterocycles. The van der Waals surface area contributed by atoms with E-state index in [9.17, 15) is 9.59 Å². The fraction of sp³-hybridized carbons (Fsp3) is 0.385. The van der Waals surface area contributed by atoms with Crippen molar-refractivity contribution in [2.45, 2.75) is 25.8 Å². The Morgan fingerprint density at radius 1 is 1.39 bits per heavy atom. The van der Waals surface area contributed by atoms with Crippen molar-refractivity contribution in [2.24, 2.45) is 0 Å². The summed E-state index contributed by atoms with van der Waals surface area (Å²) in [5.74, 6) is -1.24. The topological polar surface area (TPSA) is 57.6 Å². The highest BCUT2D eigenvalue weighted by Gasteiger charge is 2.34. The van der Waals surface area contributed by atoms with Crippen LogP contribution in [0.5, 0.6) is 0 Å². The first-order valence-corrected chi connectivity index (χ1v) is 6.29. The van der Waals surface area contributed by atoms with E-state index >= 15 is 0 Å². The van der Waals surface area contributed by atoms with Crippen molar-refractivity contribution >= 4 is 27.8 Å². The lowest BCUT2D eigenvalue weighted by Gasteiger charge is -2.31. The summed E-state index contributed by atoms with van der Waals surface area (Å²) >= 11 is 3.33. The number of carbonyl (C=O) groups excluding carboxylic acids is 1. The maximum atomic E-state index is 12.0. The lowest BCUT2D eigenvalue weighted by Crippen LogP contribution is -2.51. The molecule has 4 nitrogen and oxygen atoms in total. The minimum Gasteiger partial charge on any atom is -0.480 e. The Bertz CT molecular complexity index is 471. The third-order valence-corrected chi connectivity index (χ3v) is 3.47. The van der Waals surface area contributed by atoms with Gasteiger partial charge in [0.25, 0.3) is 0 Å². The normalized spacial score (nSPS) is 11.1. The molecule has 0 aliphatic rings. The number of hydrogen-bond acceptors (Lipinski definition) is 2. The molecule has 98 valence electrons. The van der Waals surface area contributed by atoms with Gasteiger partial charge in [0.2, 0.25) is 5.91 Å². The summed E-state index contributed by atoms with van der Waals surface area (Å²) in [5.41, 5.74) is -0.356. The average Bonchev–Trinajstić information content (AvgIpc) is 2.27. The van der Waals surface area contributed by atoms with Crippen LogP contribution in [-0.4, -0.2) is 34.5 Å². The highest BCUT2D eigenvalue weighted by Crippen LogP contribution is 2.16. The predicted molar refractivity (Wildman–Crippen MR) is 72.3 cm³/mol. The van der Waals surface area contributed by atoms with Crippen LogP contribution in [-0.2, 0) is 16.0 Å². The fourth-order valence-corrected chi connectivity index (χ4v) is 1.84. The zero-order chi connectivity index (χ0) is 13.9. The van der Waals surface area contributed by atoms with Gasteiger partial charge in [-0.05, 0) is 31.5 Å². The van der Waals surface area contributed by atoms with Crippen molar-refractivity contribution in [3.8, 4) is 0 Å². The Morgan fingerprint density at radius 2 is 2.00 bits per heavy atom. The first-order chi connectivity index (χ1) is 8.25. The molecule has 0 atom stereocenters. The van der Waals surface area contributed by atoms with Crippen molar-refractivity contribution < 1.29 is 14.7 Å². The minimum absolute atomic E-state index is 0.187. The van der Waals surface area contributed by atoms with Gasteiger partial charge in [-0.2, -0.15) is 0 Å². The van der Waals surface area contributed by atoms with Gasteiger partial charge in [-0.3, -0.25) is 4.79 Å². The molecular weight excluding hydrogens is 298 g/mol. The minimum atomic E-state index is -1.21. The number of amides is 1. The highest BCUT2D eigenvalue weighted by molar-refractivity contribution is 9.10. The zero-order valence-electron chi connectivity index (χ0n) is 10.6. The third kappa shape index (κ3) is 3.32. The summed E-state index contributed by atoms with van der Waals surface area (Å²) in [6.07, 6.45) is 0.187. The number of carbonyl (C=O) groups is 2. The van der Waals surface area contributed by atoms with E-state index in [1.165, 1.54) is 25.8 Å². The monoisotopic (exact) mass is 313 g/mol. The number of hydrogen-bond donors (Lipinski definition) is 1. The molecule has 0 fully saturated rings. The first kappa shape index (κ1) is 14.7. The molecule has 1 aromatic carbocycles. The molecule has 0 radical (unpaired) electrons. The SMILES string of the molecule is CN(C(=O)Cc1cccc(Br)c1)C(C)(C)C(=O)O. The Hall–Kier alpha value is -1.36. The van der Waals surface area contributed by atoms with Gasteiger partial charge >= 0.3 is 5.97 Å². The molecule has 0 aliphatic carbocycles. The number of carboxylic acid groups (broad SMARTS) is 1. The maximum absolute atomic E-state index is 12.0. The molecule has 1 N–H and O–H groups in total. The van der Waals surface area contributed by atoms with Gasteiger partial charge in [-0.1, -0.05) is 28.1 Å². The van der Waals surface area contributed by atoms with Gasteiger partial charge in [0.05, 0.1) is 6.42 Å². The quantitative estimate of drug-likeness (QED) is 0.928. The summed E-state index contributed by atoms with van der Waals surface area (Å²) in [5, 5.41) is 9.07. The van der Waals surface area contributed by atoms with E-state index in [1.807, 2.05) is 24.3 Å². The van der Waals surface area contributed by atoms with Crippen LogP contribution < -0.4 is 0 Å². The van der Waals surface area contributed by atoms with Crippen LogP contribution in [0.15, 0.2) is 28.7 Å². The van der Waals surface area contributed by atoms with Gasteiger partial charge < -0.3 is 10.0 Å². The molecule has 1 rings (SSSR count). The second-order valence-corrected chi connectivity index (χ2v) is 5.54. The number of carboxylic acids is 1. The molecule has 0 heterocycles. The van der Waals surface area contributed by atoms with Gasteiger partial charge in [0.15, 0.2) is 0 Å². The molecular formula is C13H16BrNO3. The van der Waals surface area contributed by atoms with Crippen molar-refractivity contribution in [2.75, 3.05) is 7.05 Å². The maximum Gasteiger partial charge on any atom is 0.329 e. The Labute approximate surface area is 115 Å². The van der Waals surface area contributed by atoms with E-state index in [4.69, 9.17) is 5.11 Å². The lowest BCUT2D eigenvalue weighted by molar-refractivity contribution is -0.155. The number of nitrogens with zero attached hydrogens (tertiary/aromatic N) is 1. The van der Waals surface area contributed by atoms with Crippen LogP contribution in [0.2, 0.25) is 0 Å². The molecule has 0 spiro atoms. The van der Waals surface area contributed by atoms with Crippen LogP contribution in [0, 0.1) is 0 Å². The van der Waals surface area contributed by atoms with Crippen molar-refractivity contribution in [1.82, 2.24) is 4.90 Å². The van der Waals surface area contributed by atoms with Crippen molar-refractivity contribution in [3.05, 3.63) is 34.3 Å². The van der Waals surface area contributed by atoms with E-state index in [0.29, 0.717) is 0 Å². The molecule has 18 heavy (non-hydrogen) atoms. The van der Waals surface area contributed by atoms with Gasteiger partial charge in [0.1, 0.15) is 5.54 Å². The molecule has 5 heteroatoms. The molecule has 0 aliphatic heterocycles. The Balaban J connectivity index is 2.80. The molecule has 0 aromatic heterocycles. The summed E-state index contributed by atoms with van der Waals surface area (Å²) in [7, 11) is 1.51. The highest BCUT2D eigenvalue weighted by atomic mass is 79.9. The van der Waals surface area contributed by atoms with Crippen LogP contribution in [0.25, 0.3) is 0 Å². The number of rotatable bonds is 4. The van der Waals surface area contributed by atoms with E-state index in [-0.39, 0.29) is 12.3 Å². The summed E-state index contributed by atoms with van der Waals surface area (Å²) in [4.78, 5) is 24.4. The number of likely N-dealkylation sites (N-methyl/N-ethyl adjacent to an activating group) is 1. The average molecular weight is 314 g/mol. The number of aliphatic carboxylic acids is 1. The second kappa shape index (κ2) is 5.52.